The molecule has 2 aromatic rings. The predicted molar refractivity (Wildman–Crippen MR) is 109 cm³/mol. The van der Waals surface area contributed by atoms with Crippen molar-refractivity contribution in [2.24, 2.45) is 0 Å². The second-order valence-corrected chi connectivity index (χ2v) is 8.38. The average molecular weight is 405 g/mol. The van der Waals surface area contributed by atoms with Gasteiger partial charge in [-0.3, -0.25) is 9.89 Å². The van der Waals surface area contributed by atoms with Crippen LogP contribution in [0.1, 0.15) is 52.4 Å². The zero-order valence-corrected chi connectivity index (χ0v) is 17.7. The van der Waals surface area contributed by atoms with Gasteiger partial charge in [-0.05, 0) is 57.9 Å². The zero-order valence-electron chi connectivity index (χ0n) is 16.9. The van der Waals surface area contributed by atoms with Crippen molar-refractivity contribution in [1.82, 2.24) is 10.2 Å². The van der Waals surface area contributed by atoms with E-state index in [1.807, 2.05) is 52.0 Å². The molecule has 1 unspecified atom stereocenters. The number of benzene rings is 1. The van der Waals surface area contributed by atoms with Gasteiger partial charge in [-0.15, -0.1) is 0 Å². The van der Waals surface area contributed by atoms with E-state index in [4.69, 9.17) is 25.6 Å². The molecule has 0 saturated carbocycles. The van der Waals surface area contributed by atoms with Crippen LogP contribution in [0.25, 0.3) is 11.3 Å². The van der Waals surface area contributed by atoms with Crippen molar-refractivity contribution in [2.75, 3.05) is 6.61 Å². The molecule has 0 amide bonds. The van der Waals surface area contributed by atoms with Crippen molar-refractivity contribution in [3.63, 3.8) is 0 Å². The largest absolute Gasteiger partial charge is 0.466 e. The van der Waals surface area contributed by atoms with Crippen LogP contribution < -0.4 is 0 Å². The van der Waals surface area contributed by atoms with E-state index in [0.29, 0.717) is 11.6 Å². The first-order chi connectivity index (χ1) is 13.1. The van der Waals surface area contributed by atoms with Crippen LogP contribution in [0.3, 0.4) is 0 Å². The third kappa shape index (κ3) is 4.11. The molecule has 8 heteroatoms. The number of hydrogen-bond acceptors (Lipinski definition) is 5. The van der Waals surface area contributed by atoms with Crippen molar-refractivity contribution < 1.29 is 18.8 Å². The van der Waals surface area contributed by atoms with Crippen LogP contribution in [0.5, 0.6) is 0 Å². The quantitative estimate of drug-likeness (QED) is 0.570. The van der Waals surface area contributed by atoms with E-state index in [0.717, 1.165) is 16.8 Å². The van der Waals surface area contributed by atoms with Gasteiger partial charge in [0.15, 0.2) is 0 Å². The summed E-state index contributed by atoms with van der Waals surface area (Å²) in [6, 6.07) is 7.45. The van der Waals surface area contributed by atoms with Crippen molar-refractivity contribution in [3.05, 3.63) is 41.0 Å². The van der Waals surface area contributed by atoms with Gasteiger partial charge in [0.2, 0.25) is 0 Å². The van der Waals surface area contributed by atoms with Crippen molar-refractivity contribution in [1.29, 1.82) is 0 Å². The Morgan fingerprint density at radius 3 is 2.39 bits per heavy atom. The fourth-order valence-corrected chi connectivity index (χ4v) is 3.36. The standard InChI is InChI=1S/C20H26BClN2O4/c1-6-26-17(25)11-16(21-27-19(2,3)20(4,5)28-21)15-12-23-24-18(15)13-7-9-14(22)10-8-13/h7-10,12,16H,6,11H2,1-5H3,(H,23,24). The van der Waals surface area contributed by atoms with Gasteiger partial charge < -0.3 is 14.0 Å². The van der Waals surface area contributed by atoms with E-state index >= 15 is 0 Å². The Balaban J connectivity index is 1.98. The third-order valence-corrected chi connectivity index (χ3v) is 5.74. The molecule has 6 nitrogen and oxygen atoms in total. The Morgan fingerprint density at radius 2 is 1.82 bits per heavy atom. The normalized spacial score (nSPS) is 18.9. The maximum atomic E-state index is 12.3. The summed E-state index contributed by atoms with van der Waals surface area (Å²) < 4.78 is 17.7. The van der Waals surface area contributed by atoms with Gasteiger partial charge in [0.25, 0.3) is 0 Å². The molecule has 150 valence electrons. The van der Waals surface area contributed by atoms with E-state index < -0.39 is 18.3 Å². The Morgan fingerprint density at radius 1 is 1.21 bits per heavy atom. The number of nitrogens with one attached hydrogen (secondary N) is 1. The molecule has 1 fully saturated rings. The molecule has 1 aliphatic rings. The van der Waals surface area contributed by atoms with E-state index in [1.54, 1.807) is 13.1 Å². The Labute approximate surface area is 171 Å². The van der Waals surface area contributed by atoms with Gasteiger partial charge in [-0.2, -0.15) is 5.10 Å². The average Bonchev–Trinajstić information content (AvgIpc) is 3.16. The molecule has 0 radical (unpaired) electrons. The van der Waals surface area contributed by atoms with Gasteiger partial charge in [-0.1, -0.05) is 23.7 Å². The highest BCUT2D eigenvalue weighted by atomic mass is 35.5. The molecule has 1 aromatic heterocycles. The lowest BCUT2D eigenvalue weighted by Gasteiger charge is -2.32. The van der Waals surface area contributed by atoms with E-state index in [1.165, 1.54) is 0 Å². The number of carbonyl (C=O) groups is 1. The molecule has 2 heterocycles. The molecule has 0 aliphatic carbocycles. The monoisotopic (exact) mass is 404 g/mol. The smallest absolute Gasteiger partial charge is 0.466 e. The SMILES string of the molecule is CCOC(=O)CC(B1OC(C)(C)C(C)(C)O1)c1cn[nH]c1-c1ccc(Cl)cc1. The molecule has 1 aliphatic heterocycles. The maximum Gasteiger partial charge on any atom is 0.466 e. The van der Waals surface area contributed by atoms with Crippen molar-refractivity contribution >= 4 is 24.7 Å². The summed E-state index contributed by atoms with van der Waals surface area (Å²) in [5, 5.41) is 7.91. The van der Waals surface area contributed by atoms with Crippen molar-refractivity contribution in [2.45, 2.75) is 58.1 Å². The Hall–Kier alpha value is -1.83. The number of nitrogens with zero attached hydrogens (tertiary/aromatic N) is 1. The lowest BCUT2D eigenvalue weighted by Crippen LogP contribution is -2.41. The van der Waals surface area contributed by atoms with Gasteiger partial charge in [0.1, 0.15) is 0 Å². The van der Waals surface area contributed by atoms with Crippen LogP contribution in [-0.2, 0) is 18.8 Å². The van der Waals surface area contributed by atoms with Gasteiger partial charge in [0.05, 0.1) is 36.1 Å². The molecule has 1 N–H and O–H groups in total. The number of aromatic amines is 1. The minimum atomic E-state index is -0.599. The van der Waals surface area contributed by atoms with E-state index in [2.05, 4.69) is 10.2 Å². The summed E-state index contributed by atoms with van der Waals surface area (Å²) in [7, 11) is -0.599. The fourth-order valence-electron chi connectivity index (χ4n) is 3.23. The second-order valence-electron chi connectivity index (χ2n) is 7.95. The number of ether oxygens (including phenoxy) is 1. The number of rotatable bonds is 6. The van der Waals surface area contributed by atoms with Gasteiger partial charge in [-0.25, -0.2) is 0 Å². The number of halogens is 1. The van der Waals surface area contributed by atoms with Crippen molar-refractivity contribution in [3.8, 4) is 11.3 Å². The van der Waals surface area contributed by atoms with Gasteiger partial charge >= 0.3 is 13.1 Å². The number of hydrogen-bond donors (Lipinski definition) is 1. The second kappa shape index (κ2) is 7.89. The zero-order chi connectivity index (χ0) is 20.5. The summed E-state index contributed by atoms with van der Waals surface area (Å²) in [4.78, 5) is 12.3. The lowest BCUT2D eigenvalue weighted by molar-refractivity contribution is -0.143. The first-order valence-corrected chi connectivity index (χ1v) is 9.83. The maximum absolute atomic E-state index is 12.3. The summed E-state index contributed by atoms with van der Waals surface area (Å²) in [5.41, 5.74) is 1.56. The van der Waals surface area contributed by atoms with Gasteiger partial charge in [0, 0.05) is 10.8 Å². The van der Waals surface area contributed by atoms with Crippen LogP contribution in [0, 0.1) is 0 Å². The van der Waals surface area contributed by atoms with Crippen LogP contribution in [0.2, 0.25) is 5.02 Å². The number of H-pyrrole nitrogens is 1. The summed E-state index contributed by atoms with van der Waals surface area (Å²) in [6.45, 7) is 10.1. The van der Waals surface area contributed by atoms with E-state index in [9.17, 15) is 4.79 Å². The summed E-state index contributed by atoms with van der Waals surface area (Å²) >= 11 is 6.02. The number of carbonyl (C=O) groups excluding carboxylic acids is 1. The molecule has 28 heavy (non-hydrogen) atoms. The lowest BCUT2D eigenvalue weighted by atomic mass is 9.66. The highest BCUT2D eigenvalue weighted by Crippen LogP contribution is 2.43. The third-order valence-electron chi connectivity index (χ3n) is 5.49. The molecule has 3 rings (SSSR count). The molecule has 1 saturated heterocycles. The minimum absolute atomic E-state index is 0.130. The van der Waals surface area contributed by atoms with E-state index in [-0.39, 0.29) is 18.2 Å². The number of aromatic nitrogens is 2. The fraction of sp³-hybridized carbons (Fsp3) is 0.500. The molecule has 0 spiro atoms. The first-order valence-electron chi connectivity index (χ1n) is 9.45. The molecule has 1 aromatic carbocycles. The van der Waals surface area contributed by atoms with Crippen LogP contribution in [0.4, 0.5) is 0 Å². The summed E-state index contributed by atoms with van der Waals surface area (Å²) in [6.07, 6.45) is 1.85. The minimum Gasteiger partial charge on any atom is -0.466 e. The highest BCUT2D eigenvalue weighted by Gasteiger charge is 2.54. The van der Waals surface area contributed by atoms with Crippen LogP contribution >= 0.6 is 11.6 Å². The highest BCUT2D eigenvalue weighted by molar-refractivity contribution is 6.48. The predicted octanol–water partition coefficient (Wildman–Crippen LogP) is 4.40. The first kappa shape index (κ1) is 20.9. The molecular formula is C20H26BClN2O4. The molecule has 1 atom stereocenters. The molecule has 0 bridgehead atoms. The Bertz CT molecular complexity index is 819. The summed E-state index contributed by atoms with van der Waals surface area (Å²) in [5.74, 6) is -0.671. The topological polar surface area (TPSA) is 73.4 Å². The van der Waals surface area contributed by atoms with Crippen LogP contribution in [-0.4, -0.2) is 41.1 Å². The number of esters is 1. The van der Waals surface area contributed by atoms with Crippen LogP contribution in [0.15, 0.2) is 30.5 Å². The Kier molecular flexibility index (Phi) is 5.89. The molecular weight excluding hydrogens is 378 g/mol.